The molecule has 0 aliphatic carbocycles. The van der Waals surface area contributed by atoms with Crippen LogP contribution >= 0.6 is 0 Å². The third-order valence-corrected chi connectivity index (χ3v) is 4.86. The quantitative estimate of drug-likeness (QED) is 0.386. The van der Waals surface area contributed by atoms with Crippen molar-refractivity contribution in [2.24, 2.45) is 4.99 Å². The van der Waals surface area contributed by atoms with E-state index in [0.717, 1.165) is 32.1 Å². The lowest BCUT2D eigenvalue weighted by molar-refractivity contribution is 0.232. The van der Waals surface area contributed by atoms with Crippen molar-refractivity contribution in [1.82, 2.24) is 20.4 Å². The Bertz CT molecular complexity index is 319. The second-order valence-corrected chi connectivity index (χ2v) is 6.85. The molecule has 0 amide bonds. The Balaban J connectivity index is 1.55. The van der Waals surface area contributed by atoms with E-state index >= 15 is 0 Å². The van der Waals surface area contributed by atoms with Crippen LogP contribution in [0.5, 0.6) is 0 Å². The number of hydrogen-bond acceptors (Lipinski definition) is 3. The molecular formula is C18H37N5. The van der Waals surface area contributed by atoms with Gasteiger partial charge in [0, 0.05) is 26.2 Å². The van der Waals surface area contributed by atoms with Crippen molar-refractivity contribution < 1.29 is 0 Å². The maximum atomic E-state index is 4.72. The Kier molecular flexibility index (Phi) is 9.41. The van der Waals surface area contributed by atoms with Gasteiger partial charge in [-0.25, -0.2) is 0 Å². The zero-order chi connectivity index (χ0) is 16.2. The highest BCUT2D eigenvalue weighted by Crippen LogP contribution is 2.08. The van der Waals surface area contributed by atoms with E-state index < -0.39 is 0 Å². The molecular weight excluding hydrogens is 286 g/mol. The van der Waals surface area contributed by atoms with Crippen LogP contribution < -0.4 is 10.6 Å². The van der Waals surface area contributed by atoms with Crippen molar-refractivity contribution >= 4 is 5.96 Å². The van der Waals surface area contributed by atoms with Crippen LogP contribution in [0.2, 0.25) is 0 Å². The first-order chi connectivity index (χ1) is 11.4. The number of nitrogens with zero attached hydrogens (tertiary/aromatic N) is 3. The number of piperidine rings is 1. The van der Waals surface area contributed by atoms with E-state index in [4.69, 9.17) is 4.99 Å². The van der Waals surface area contributed by atoms with Crippen molar-refractivity contribution in [1.29, 1.82) is 0 Å². The van der Waals surface area contributed by atoms with E-state index in [1.165, 1.54) is 77.7 Å². The second kappa shape index (κ2) is 11.7. The monoisotopic (exact) mass is 323 g/mol. The van der Waals surface area contributed by atoms with E-state index in [2.05, 4.69) is 27.4 Å². The number of likely N-dealkylation sites (tertiary alicyclic amines) is 2. The molecule has 0 unspecified atom stereocenters. The molecule has 0 aromatic heterocycles. The summed E-state index contributed by atoms with van der Waals surface area (Å²) in [4.78, 5) is 9.87. The molecule has 23 heavy (non-hydrogen) atoms. The van der Waals surface area contributed by atoms with Crippen LogP contribution in [-0.2, 0) is 0 Å². The number of nitrogens with one attached hydrogen (secondary N) is 2. The van der Waals surface area contributed by atoms with Crippen molar-refractivity contribution in [3.05, 3.63) is 0 Å². The van der Waals surface area contributed by atoms with Crippen LogP contribution in [0.4, 0.5) is 0 Å². The van der Waals surface area contributed by atoms with Gasteiger partial charge in [0.05, 0.1) is 0 Å². The minimum atomic E-state index is 0.934. The summed E-state index contributed by atoms with van der Waals surface area (Å²) in [6.45, 7) is 12.6. The van der Waals surface area contributed by atoms with E-state index in [1.807, 2.05) is 0 Å². The van der Waals surface area contributed by atoms with Gasteiger partial charge < -0.3 is 20.4 Å². The molecule has 2 heterocycles. The molecule has 5 heteroatoms. The van der Waals surface area contributed by atoms with E-state index in [1.54, 1.807) is 0 Å². The maximum absolute atomic E-state index is 4.72. The number of rotatable bonds is 9. The molecule has 0 aromatic carbocycles. The summed E-state index contributed by atoms with van der Waals surface area (Å²) in [6, 6.07) is 0. The molecule has 2 fully saturated rings. The summed E-state index contributed by atoms with van der Waals surface area (Å²) >= 11 is 0. The number of unbranched alkanes of at least 4 members (excludes halogenated alkanes) is 1. The Labute approximate surface area is 142 Å². The topological polar surface area (TPSA) is 42.9 Å². The molecule has 0 saturated carbocycles. The molecule has 2 rings (SSSR count). The lowest BCUT2D eigenvalue weighted by Crippen LogP contribution is -2.42. The smallest absolute Gasteiger partial charge is 0.191 e. The van der Waals surface area contributed by atoms with Gasteiger partial charge in [-0.1, -0.05) is 6.42 Å². The van der Waals surface area contributed by atoms with Gasteiger partial charge in [-0.2, -0.15) is 0 Å². The van der Waals surface area contributed by atoms with E-state index in [0.29, 0.717) is 0 Å². The number of guanidine groups is 1. The SMILES string of the molecule is CCNC(=NCCCCN1CCCC1)NCCN1CCCCC1. The van der Waals surface area contributed by atoms with Gasteiger partial charge in [0.25, 0.3) is 0 Å². The summed E-state index contributed by atoms with van der Waals surface area (Å²) in [5.74, 6) is 0.991. The van der Waals surface area contributed by atoms with Gasteiger partial charge >= 0.3 is 0 Å². The summed E-state index contributed by atoms with van der Waals surface area (Å²) in [7, 11) is 0. The zero-order valence-electron chi connectivity index (χ0n) is 15.2. The largest absolute Gasteiger partial charge is 0.357 e. The summed E-state index contributed by atoms with van der Waals surface area (Å²) in [5, 5.41) is 6.85. The molecule has 2 aliphatic rings. The number of hydrogen-bond donors (Lipinski definition) is 2. The van der Waals surface area contributed by atoms with Crippen LogP contribution in [0.1, 0.15) is 51.9 Å². The van der Waals surface area contributed by atoms with Gasteiger partial charge in [-0.3, -0.25) is 4.99 Å². The predicted octanol–water partition coefficient (Wildman–Crippen LogP) is 1.90. The Morgan fingerprint density at radius 3 is 2.17 bits per heavy atom. The van der Waals surface area contributed by atoms with Crippen LogP contribution in [-0.4, -0.2) is 74.7 Å². The standard InChI is InChI=1S/C18H37N5/c1-2-19-18(21-11-17-23-12-5-3-6-13-23)20-10-4-7-14-22-15-8-9-16-22/h2-17H2,1H3,(H2,19,20,21). The van der Waals surface area contributed by atoms with Gasteiger partial charge in [0.1, 0.15) is 0 Å². The molecule has 2 N–H and O–H groups in total. The van der Waals surface area contributed by atoms with E-state index in [-0.39, 0.29) is 0 Å². The average Bonchev–Trinajstić information content (AvgIpc) is 3.09. The lowest BCUT2D eigenvalue weighted by Gasteiger charge is -2.26. The molecule has 0 atom stereocenters. The van der Waals surface area contributed by atoms with Crippen LogP contribution in [0.3, 0.4) is 0 Å². The molecule has 5 nitrogen and oxygen atoms in total. The Morgan fingerprint density at radius 2 is 1.48 bits per heavy atom. The van der Waals surface area contributed by atoms with E-state index in [9.17, 15) is 0 Å². The van der Waals surface area contributed by atoms with Crippen LogP contribution in [0.15, 0.2) is 4.99 Å². The highest BCUT2D eigenvalue weighted by atomic mass is 15.2. The minimum Gasteiger partial charge on any atom is -0.357 e. The lowest BCUT2D eigenvalue weighted by atomic mass is 10.1. The Morgan fingerprint density at radius 1 is 0.826 bits per heavy atom. The second-order valence-electron chi connectivity index (χ2n) is 6.85. The highest BCUT2D eigenvalue weighted by Gasteiger charge is 2.10. The summed E-state index contributed by atoms with van der Waals surface area (Å²) in [5.41, 5.74) is 0. The predicted molar refractivity (Wildman–Crippen MR) is 99.2 cm³/mol. The molecule has 0 radical (unpaired) electrons. The first-order valence-electron chi connectivity index (χ1n) is 9.85. The van der Waals surface area contributed by atoms with Crippen LogP contribution in [0.25, 0.3) is 0 Å². The van der Waals surface area contributed by atoms with Gasteiger partial charge in [-0.05, 0) is 78.2 Å². The van der Waals surface area contributed by atoms with Crippen molar-refractivity contribution in [3.8, 4) is 0 Å². The molecule has 0 aromatic rings. The molecule has 2 aliphatic heterocycles. The highest BCUT2D eigenvalue weighted by molar-refractivity contribution is 5.79. The molecule has 2 saturated heterocycles. The molecule has 0 bridgehead atoms. The Hall–Kier alpha value is -0.810. The third-order valence-electron chi connectivity index (χ3n) is 4.86. The molecule has 0 spiro atoms. The first kappa shape index (κ1) is 18.5. The van der Waals surface area contributed by atoms with Crippen LogP contribution in [0, 0.1) is 0 Å². The van der Waals surface area contributed by atoms with Crippen molar-refractivity contribution in [3.63, 3.8) is 0 Å². The van der Waals surface area contributed by atoms with Crippen molar-refractivity contribution in [2.45, 2.75) is 51.9 Å². The van der Waals surface area contributed by atoms with Gasteiger partial charge in [0.15, 0.2) is 5.96 Å². The van der Waals surface area contributed by atoms with Crippen molar-refractivity contribution in [2.75, 3.05) is 58.9 Å². The normalized spacial score (nSPS) is 20.8. The summed E-state index contributed by atoms with van der Waals surface area (Å²) < 4.78 is 0. The fourth-order valence-electron chi connectivity index (χ4n) is 3.50. The number of aliphatic imine (C=N–C) groups is 1. The zero-order valence-corrected chi connectivity index (χ0v) is 15.2. The molecule has 134 valence electrons. The minimum absolute atomic E-state index is 0.934. The third kappa shape index (κ3) is 8.02. The van der Waals surface area contributed by atoms with Gasteiger partial charge in [-0.15, -0.1) is 0 Å². The summed E-state index contributed by atoms with van der Waals surface area (Å²) in [6.07, 6.45) is 9.39. The average molecular weight is 324 g/mol. The fourth-order valence-corrected chi connectivity index (χ4v) is 3.50. The first-order valence-corrected chi connectivity index (χ1v) is 9.85. The van der Waals surface area contributed by atoms with Gasteiger partial charge in [0.2, 0.25) is 0 Å². The fraction of sp³-hybridized carbons (Fsp3) is 0.944. The maximum Gasteiger partial charge on any atom is 0.191 e.